The number of hydrogen-bond donors (Lipinski definition) is 2. The molecule has 0 heterocycles. The number of aliphatic hydroxyl groups is 2. The zero-order valence-corrected chi connectivity index (χ0v) is 13.1. The molecule has 0 aromatic rings. The Hall–Kier alpha value is -0.120. The summed E-state index contributed by atoms with van der Waals surface area (Å²) in [7, 11) is 0. The van der Waals surface area contributed by atoms with Gasteiger partial charge in [0.25, 0.3) is 0 Å². The molecule has 0 fully saturated rings. The van der Waals surface area contributed by atoms with Crippen LogP contribution in [0.2, 0.25) is 0 Å². The third-order valence-corrected chi connectivity index (χ3v) is 3.65. The summed E-state index contributed by atoms with van der Waals surface area (Å²) in [6.45, 7) is 7.56. The lowest BCUT2D eigenvalue weighted by Gasteiger charge is -2.23. The van der Waals surface area contributed by atoms with Crippen LogP contribution in [-0.4, -0.2) is 47.5 Å². The van der Waals surface area contributed by atoms with Crippen LogP contribution in [0.3, 0.4) is 0 Å². The summed E-state index contributed by atoms with van der Waals surface area (Å²) >= 11 is 0. The van der Waals surface area contributed by atoms with Gasteiger partial charge in [0.05, 0.1) is 12.7 Å². The molecule has 0 amide bonds. The van der Waals surface area contributed by atoms with Crippen molar-refractivity contribution in [2.45, 2.75) is 77.7 Å². The van der Waals surface area contributed by atoms with Gasteiger partial charge >= 0.3 is 0 Å². The first-order valence-corrected chi connectivity index (χ1v) is 8.25. The van der Waals surface area contributed by atoms with Gasteiger partial charge in [-0.25, -0.2) is 0 Å². The fourth-order valence-electron chi connectivity index (χ4n) is 2.28. The second kappa shape index (κ2) is 14.3. The monoisotopic (exact) mass is 273 g/mol. The molecule has 1 atom stereocenters. The predicted molar refractivity (Wildman–Crippen MR) is 82.4 cm³/mol. The Balaban J connectivity index is 3.78. The second-order valence-electron chi connectivity index (χ2n) is 5.59. The van der Waals surface area contributed by atoms with Crippen LogP contribution in [0.25, 0.3) is 0 Å². The Labute approximate surface area is 120 Å². The largest absolute Gasteiger partial charge is 0.394 e. The highest BCUT2D eigenvalue weighted by Gasteiger charge is 2.08. The summed E-state index contributed by atoms with van der Waals surface area (Å²) in [4.78, 5) is 2.46. The Kier molecular flexibility index (Phi) is 14.2. The second-order valence-corrected chi connectivity index (χ2v) is 5.59. The molecule has 0 rings (SSSR count). The van der Waals surface area contributed by atoms with Crippen molar-refractivity contribution in [3.05, 3.63) is 0 Å². The van der Waals surface area contributed by atoms with Crippen molar-refractivity contribution in [3.63, 3.8) is 0 Å². The smallest absolute Gasteiger partial charge is 0.0783 e. The summed E-state index contributed by atoms with van der Waals surface area (Å²) in [5.74, 6) is 0. The minimum absolute atomic E-state index is 0.112. The fraction of sp³-hybridized carbons (Fsp3) is 1.00. The maximum Gasteiger partial charge on any atom is 0.0783 e. The molecule has 2 N–H and O–H groups in total. The van der Waals surface area contributed by atoms with Crippen molar-refractivity contribution < 1.29 is 10.2 Å². The lowest BCUT2D eigenvalue weighted by atomic mass is 10.1. The van der Waals surface area contributed by atoms with E-state index in [2.05, 4.69) is 18.7 Å². The molecule has 0 aliphatic heterocycles. The molecular weight excluding hydrogens is 238 g/mol. The standard InChI is InChI=1S/C16H35NO2/c1-3-5-7-9-12-17(13-10-8-6-4-2)14-11-16(19)15-18/h16,18-19H,3-15H2,1-2H3. The Morgan fingerprint density at radius 2 is 1.32 bits per heavy atom. The van der Waals surface area contributed by atoms with Crippen LogP contribution >= 0.6 is 0 Å². The van der Waals surface area contributed by atoms with Gasteiger partial charge in [0.2, 0.25) is 0 Å². The molecule has 0 aliphatic carbocycles. The molecule has 0 saturated carbocycles. The SMILES string of the molecule is CCCCCCN(CCCCCC)CCC(O)CO. The van der Waals surface area contributed by atoms with Crippen LogP contribution in [0.1, 0.15) is 71.6 Å². The van der Waals surface area contributed by atoms with Crippen LogP contribution in [0.4, 0.5) is 0 Å². The molecule has 116 valence electrons. The summed E-state index contributed by atoms with van der Waals surface area (Å²) in [5, 5.41) is 18.3. The molecule has 3 heteroatoms. The van der Waals surface area contributed by atoms with Crippen molar-refractivity contribution in [1.82, 2.24) is 4.90 Å². The summed E-state index contributed by atoms with van der Waals surface area (Å²) < 4.78 is 0. The van der Waals surface area contributed by atoms with E-state index >= 15 is 0 Å². The third kappa shape index (κ3) is 12.6. The molecule has 3 nitrogen and oxygen atoms in total. The lowest BCUT2D eigenvalue weighted by molar-refractivity contribution is 0.0766. The average molecular weight is 273 g/mol. The molecule has 0 bridgehead atoms. The van der Waals surface area contributed by atoms with E-state index < -0.39 is 6.10 Å². The molecule has 0 aromatic carbocycles. The van der Waals surface area contributed by atoms with E-state index in [1.54, 1.807) is 0 Å². The molecule has 1 unspecified atom stereocenters. The van der Waals surface area contributed by atoms with E-state index in [4.69, 9.17) is 5.11 Å². The van der Waals surface area contributed by atoms with Gasteiger partial charge in [-0.05, 0) is 32.4 Å². The zero-order valence-electron chi connectivity index (χ0n) is 13.1. The van der Waals surface area contributed by atoms with Crippen molar-refractivity contribution in [2.75, 3.05) is 26.2 Å². The number of rotatable bonds is 14. The van der Waals surface area contributed by atoms with Gasteiger partial charge < -0.3 is 15.1 Å². The van der Waals surface area contributed by atoms with Gasteiger partial charge in [-0.3, -0.25) is 0 Å². The molecule has 0 saturated heterocycles. The van der Waals surface area contributed by atoms with E-state index in [-0.39, 0.29) is 6.61 Å². The molecule has 0 aromatic heterocycles. The molecular formula is C16H35NO2. The number of aliphatic hydroxyl groups excluding tert-OH is 2. The first kappa shape index (κ1) is 18.9. The minimum Gasteiger partial charge on any atom is -0.394 e. The number of hydrogen-bond acceptors (Lipinski definition) is 3. The summed E-state index contributed by atoms with van der Waals surface area (Å²) in [6, 6.07) is 0. The van der Waals surface area contributed by atoms with E-state index in [9.17, 15) is 5.11 Å². The van der Waals surface area contributed by atoms with Crippen LogP contribution < -0.4 is 0 Å². The maximum absolute atomic E-state index is 9.45. The van der Waals surface area contributed by atoms with Crippen LogP contribution in [0.5, 0.6) is 0 Å². The van der Waals surface area contributed by atoms with Crippen molar-refractivity contribution in [1.29, 1.82) is 0 Å². The normalized spacial score (nSPS) is 13.1. The number of unbranched alkanes of at least 4 members (excludes halogenated alkanes) is 6. The van der Waals surface area contributed by atoms with Crippen molar-refractivity contribution in [3.8, 4) is 0 Å². The molecule has 0 radical (unpaired) electrons. The van der Waals surface area contributed by atoms with E-state index in [1.807, 2.05) is 0 Å². The quantitative estimate of drug-likeness (QED) is 0.478. The first-order valence-electron chi connectivity index (χ1n) is 8.25. The van der Waals surface area contributed by atoms with Gasteiger partial charge in [0.15, 0.2) is 0 Å². The van der Waals surface area contributed by atoms with Crippen LogP contribution in [-0.2, 0) is 0 Å². The van der Waals surface area contributed by atoms with Crippen molar-refractivity contribution in [2.24, 2.45) is 0 Å². The predicted octanol–water partition coefficient (Wildman–Crippen LogP) is 3.19. The van der Waals surface area contributed by atoms with Crippen LogP contribution in [0, 0.1) is 0 Å². The Morgan fingerprint density at radius 3 is 1.74 bits per heavy atom. The minimum atomic E-state index is -0.547. The van der Waals surface area contributed by atoms with E-state index in [0.717, 1.165) is 19.6 Å². The molecule has 0 spiro atoms. The highest BCUT2D eigenvalue weighted by molar-refractivity contribution is 4.62. The summed E-state index contributed by atoms with van der Waals surface area (Å²) in [5.41, 5.74) is 0. The Morgan fingerprint density at radius 1 is 0.789 bits per heavy atom. The topological polar surface area (TPSA) is 43.7 Å². The van der Waals surface area contributed by atoms with Gasteiger partial charge in [0.1, 0.15) is 0 Å². The zero-order chi connectivity index (χ0) is 14.3. The van der Waals surface area contributed by atoms with E-state index in [0.29, 0.717) is 6.42 Å². The van der Waals surface area contributed by atoms with Gasteiger partial charge in [-0.1, -0.05) is 52.4 Å². The summed E-state index contributed by atoms with van der Waals surface area (Å²) in [6.07, 6.45) is 10.5. The van der Waals surface area contributed by atoms with Gasteiger partial charge in [-0.15, -0.1) is 0 Å². The van der Waals surface area contributed by atoms with Crippen LogP contribution in [0.15, 0.2) is 0 Å². The highest BCUT2D eigenvalue weighted by Crippen LogP contribution is 2.06. The molecule has 0 aliphatic rings. The fourth-order valence-corrected chi connectivity index (χ4v) is 2.28. The maximum atomic E-state index is 9.45. The van der Waals surface area contributed by atoms with Gasteiger partial charge in [0, 0.05) is 6.54 Å². The highest BCUT2D eigenvalue weighted by atomic mass is 16.3. The van der Waals surface area contributed by atoms with Gasteiger partial charge in [-0.2, -0.15) is 0 Å². The lowest BCUT2D eigenvalue weighted by Crippen LogP contribution is -2.30. The van der Waals surface area contributed by atoms with E-state index in [1.165, 1.54) is 51.4 Å². The Bertz CT molecular complexity index is 164. The third-order valence-electron chi connectivity index (χ3n) is 3.65. The van der Waals surface area contributed by atoms with Crippen molar-refractivity contribution >= 4 is 0 Å². The first-order chi connectivity index (χ1) is 9.24. The molecule has 19 heavy (non-hydrogen) atoms. The average Bonchev–Trinajstić information content (AvgIpc) is 2.44. The number of nitrogens with zero attached hydrogens (tertiary/aromatic N) is 1.